The molecule has 2 heterocycles. The highest BCUT2D eigenvalue weighted by atomic mass is 127. The number of rotatable bonds is 2. The van der Waals surface area contributed by atoms with Crippen molar-refractivity contribution < 1.29 is 0 Å². The molecule has 0 aliphatic rings. The predicted molar refractivity (Wildman–Crippen MR) is 67.2 cm³/mol. The quantitative estimate of drug-likeness (QED) is 0.786. The lowest BCUT2D eigenvalue weighted by Gasteiger charge is -2.04. The second-order valence-electron chi connectivity index (χ2n) is 3.06. The van der Waals surface area contributed by atoms with Crippen LogP contribution >= 0.6 is 33.9 Å². The van der Waals surface area contributed by atoms with Crippen LogP contribution < -0.4 is 5.56 Å². The van der Waals surface area contributed by atoms with E-state index in [1.165, 1.54) is 11.3 Å². The SMILES string of the molecule is Cc1ncn(Cc2cscn2)c(=O)c1I. The molecule has 0 atom stereocenters. The molecule has 78 valence electrons. The lowest BCUT2D eigenvalue weighted by atomic mass is 10.4. The van der Waals surface area contributed by atoms with Gasteiger partial charge in [0.2, 0.25) is 0 Å². The molecule has 15 heavy (non-hydrogen) atoms. The minimum Gasteiger partial charge on any atom is -0.292 e. The van der Waals surface area contributed by atoms with Crippen LogP contribution in [0.2, 0.25) is 0 Å². The van der Waals surface area contributed by atoms with Gasteiger partial charge in [0.1, 0.15) is 0 Å². The van der Waals surface area contributed by atoms with Crippen LogP contribution in [0, 0.1) is 10.5 Å². The zero-order valence-corrected chi connectivity index (χ0v) is 10.9. The second kappa shape index (κ2) is 4.40. The van der Waals surface area contributed by atoms with E-state index in [1.54, 1.807) is 16.4 Å². The minimum absolute atomic E-state index is 0.00361. The molecule has 0 amide bonds. The first kappa shape index (κ1) is 10.7. The molecular formula is C9H8IN3OS. The van der Waals surface area contributed by atoms with Gasteiger partial charge in [0.05, 0.1) is 33.3 Å². The van der Waals surface area contributed by atoms with Gasteiger partial charge in [0, 0.05) is 5.38 Å². The lowest BCUT2D eigenvalue weighted by Crippen LogP contribution is -2.24. The van der Waals surface area contributed by atoms with Crippen molar-refractivity contribution in [3.05, 3.63) is 42.5 Å². The summed E-state index contributed by atoms with van der Waals surface area (Å²) in [4.78, 5) is 20.1. The van der Waals surface area contributed by atoms with Crippen molar-refractivity contribution >= 4 is 33.9 Å². The van der Waals surface area contributed by atoms with E-state index in [2.05, 4.69) is 9.97 Å². The number of nitrogens with zero attached hydrogens (tertiary/aromatic N) is 3. The zero-order chi connectivity index (χ0) is 10.8. The van der Waals surface area contributed by atoms with Crippen LogP contribution in [-0.2, 0) is 6.54 Å². The molecule has 0 N–H and O–H groups in total. The van der Waals surface area contributed by atoms with Crippen molar-refractivity contribution in [2.24, 2.45) is 0 Å². The minimum atomic E-state index is -0.00361. The van der Waals surface area contributed by atoms with Gasteiger partial charge in [-0.05, 0) is 29.5 Å². The molecule has 0 fully saturated rings. The first-order valence-electron chi connectivity index (χ1n) is 4.27. The van der Waals surface area contributed by atoms with Gasteiger partial charge in [-0.3, -0.25) is 9.36 Å². The van der Waals surface area contributed by atoms with Gasteiger partial charge < -0.3 is 0 Å². The van der Waals surface area contributed by atoms with Gasteiger partial charge in [-0.25, -0.2) is 9.97 Å². The van der Waals surface area contributed by atoms with Crippen LogP contribution in [0.1, 0.15) is 11.4 Å². The summed E-state index contributed by atoms with van der Waals surface area (Å²) in [6, 6.07) is 0. The molecule has 2 aromatic rings. The Morgan fingerprint density at radius 1 is 1.53 bits per heavy atom. The average molecular weight is 333 g/mol. The first-order chi connectivity index (χ1) is 7.18. The average Bonchev–Trinajstić information content (AvgIpc) is 2.72. The number of aryl methyl sites for hydroxylation is 1. The van der Waals surface area contributed by atoms with Gasteiger partial charge in [0.25, 0.3) is 5.56 Å². The van der Waals surface area contributed by atoms with Crippen LogP contribution in [0.4, 0.5) is 0 Å². The Bertz CT molecular complexity index is 521. The topological polar surface area (TPSA) is 47.8 Å². The third kappa shape index (κ3) is 2.25. The fraction of sp³-hybridized carbons (Fsp3) is 0.222. The predicted octanol–water partition coefficient (Wildman–Crippen LogP) is 1.66. The fourth-order valence-corrected chi connectivity index (χ4v) is 2.15. The third-order valence-electron chi connectivity index (χ3n) is 1.97. The fourth-order valence-electron chi connectivity index (χ4n) is 1.15. The Morgan fingerprint density at radius 3 is 3.00 bits per heavy atom. The van der Waals surface area contributed by atoms with Crippen LogP contribution in [0.15, 0.2) is 22.0 Å². The molecule has 0 aliphatic carbocycles. The number of halogens is 1. The Hall–Kier alpha value is -0.760. The summed E-state index contributed by atoms with van der Waals surface area (Å²) in [7, 11) is 0. The van der Waals surface area contributed by atoms with Crippen molar-refractivity contribution in [2.75, 3.05) is 0 Å². The van der Waals surface area contributed by atoms with Crippen molar-refractivity contribution in [1.82, 2.24) is 14.5 Å². The van der Waals surface area contributed by atoms with Crippen molar-refractivity contribution in [3.63, 3.8) is 0 Å². The summed E-state index contributed by atoms with van der Waals surface area (Å²) in [6.07, 6.45) is 1.57. The maximum atomic E-state index is 11.8. The van der Waals surface area contributed by atoms with Crippen molar-refractivity contribution in [1.29, 1.82) is 0 Å². The van der Waals surface area contributed by atoms with E-state index in [4.69, 9.17) is 0 Å². The van der Waals surface area contributed by atoms with Crippen LogP contribution in [0.3, 0.4) is 0 Å². The molecule has 6 heteroatoms. The Morgan fingerprint density at radius 2 is 2.33 bits per heavy atom. The number of aromatic nitrogens is 3. The van der Waals surface area contributed by atoms with E-state index in [-0.39, 0.29) is 5.56 Å². The maximum Gasteiger partial charge on any atom is 0.267 e. The molecule has 0 saturated heterocycles. The molecule has 0 bridgehead atoms. The first-order valence-corrected chi connectivity index (χ1v) is 6.29. The lowest BCUT2D eigenvalue weighted by molar-refractivity contribution is 0.711. The van der Waals surface area contributed by atoms with Gasteiger partial charge in [-0.2, -0.15) is 0 Å². The van der Waals surface area contributed by atoms with Crippen molar-refractivity contribution in [2.45, 2.75) is 13.5 Å². The number of hydrogen-bond donors (Lipinski definition) is 0. The van der Waals surface area contributed by atoms with Crippen LogP contribution in [0.25, 0.3) is 0 Å². The van der Waals surface area contributed by atoms with E-state index in [0.29, 0.717) is 10.1 Å². The van der Waals surface area contributed by atoms with E-state index in [1.807, 2.05) is 34.9 Å². The number of thiazole rings is 1. The molecule has 0 radical (unpaired) electrons. The summed E-state index contributed by atoms with van der Waals surface area (Å²) in [6.45, 7) is 2.32. The molecule has 4 nitrogen and oxygen atoms in total. The smallest absolute Gasteiger partial charge is 0.267 e. The molecule has 2 rings (SSSR count). The number of hydrogen-bond acceptors (Lipinski definition) is 4. The Labute approximate surface area is 104 Å². The zero-order valence-electron chi connectivity index (χ0n) is 7.98. The van der Waals surface area contributed by atoms with Gasteiger partial charge in [-0.15, -0.1) is 11.3 Å². The van der Waals surface area contributed by atoms with Crippen LogP contribution in [-0.4, -0.2) is 14.5 Å². The summed E-state index contributed by atoms with van der Waals surface area (Å²) < 4.78 is 2.24. The highest BCUT2D eigenvalue weighted by molar-refractivity contribution is 14.1. The van der Waals surface area contributed by atoms with Gasteiger partial charge in [-0.1, -0.05) is 0 Å². The summed E-state index contributed by atoms with van der Waals surface area (Å²) in [5.41, 5.74) is 3.42. The molecule has 2 aromatic heterocycles. The third-order valence-corrected chi connectivity index (χ3v) is 3.85. The Kier molecular flexibility index (Phi) is 3.15. The standard InChI is InChI=1S/C9H8IN3OS/c1-6-8(10)9(14)13(4-11-6)2-7-3-15-5-12-7/h3-5H,2H2,1H3. The molecule has 0 saturated carbocycles. The van der Waals surface area contributed by atoms with E-state index in [0.717, 1.165) is 11.4 Å². The second-order valence-corrected chi connectivity index (χ2v) is 4.85. The normalized spacial score (nSPS) is 10.5. The molecule has 0 aromatic carbocycles. The van der Waals surface area contributed by atoms with E-state index < -0.39 is 0 Å². The maximum absolute atomic E-state index is 11.8. The molecule has 0 unspecified atom stereocenters. The summed E-state index contributed by atoms with van der Waals surface area (Å²) in [5.74, 6) is 0. The van der Waals surface area contributed by atoms with E-state index in [9.17, 15) is 4.79 Å². The van der Waals surface area contributed by atoms with Gasteiger partial charge >= 0.3 is 0 Å². The summed E-state index contributed by atoms with van der Waals surface area (Å²) >= 11 is 3.55. The molecule has 0 spiro atoms. The highest BCUT2D eigenvalue weighted by Crippen LogP contribution is 2.04. The largest absolute Gasteiger partial charge is 0.292 e. The van der Waals surface area contributed by atoms with Crippen molar-refractivity contribution in [3.8, 4) is 0 Å². The monoisotopic (exact) mass is 333 g/mol. The summed E-state index contributed by atoms with van der Waals surface area (Å²) in [5, 5.41) is 1.93. The molecular weight excluding hydrogens is 325 g/mol. The van der Waals surface area contributed by atoms with Crippen LogP contribution in [0.5, 0.6) is 0 Å². The Balaban J connectivity index is 2.38. The van der Waals surface area contributed by atoms with E-state index >= 15 is 0 Å². The molecule has 0 aliphatic heterocycles. The highest BCUT2D eigenvalue weighted by Gasteiger charge is 2.06. The van der Waals surface area contributed by atoms with Gasteiger partial charge in [0.15, 0.2) is 0 Å².